The highest BCUT2D eigenvalue weighted by atomic mass is 35.5. The van der Waals surface area contributed by atoms with Crippen molar-refractivity contribution in [2.45, 2.75) is 19.8 Å². The number of benzene rings is 1. The van der Waals surface area contributed by atoms with Gasteiger partial charge in [-0.2, -0.15) is 5.10 Å². The number of nitrogens with one attached hydrogen (secondary N) is 1. The van der Waals surface area contributed by atoms with E-state index < -0.39 is 0 Å². The molecule has 0 aliphatic heterocycles. The Balaban J connectivity index is 1.69. The molecule has 1 aromatic carbocycles. The van der Waals surface area contributed by atoms with Crippen molar-refractivity contribution in [2.75, 3.05) is 5.32 Å². The Morgan fingerprint density at radius 2 is 2.07 bits per heavy atom. The second-order valence-corrected chi connectivity index (χ2v) is 6.89. The largest absolute Gasteiger partial charge is 0.321 e. The highest BCUT2D eigenvalue weighted by Gasteiger charge is 2.21. The molecule has 3 heterocycles. The average Bonchev–Trinajstić information content (AvgIpc) is 3.28. The van der Waals surface area contributed by atoms with E-state index in [1.807, 2.05) is 32.0 Å². The molecule has 4 rings (SSSR count). The Morgan fingerprint density at radius 1 is 1.22 bits per heavy atom. The zero-order valence-electron chi connectivity index (χ0n) is 14.8. The van der Waals surface area contributed by atoms with Gasteiger partial charge in [0.15, 0.2) is 5.65 Å². The number of fused-ring (bicyclic) bond motifs is 1. The van der Waals surface area contributed by atoms with E-state index in [2.05, 4.69) is 20.6 Å². The van der Waals surface area contributed by atoms with Crippen molar-refractivity contribution in [3.8, 4) is 5.69 Å². The van der Waals surface area contributed by atoms with Crippen molar-refractivity contribution < 1.29 is 4.79 Å². The van der Waals surface area contributed by atoms with Crippen LogP contribution < -0.4 is 5.32 Å². The molecule has 4 aromatic rings. The van der Waals surface area contributed by atoms with Crippen LogP contribution in [0.25, 0.3) is 11.3 Å². The van der Waals surface area contributed by atoms with Crippen LogP contribution in [0, 0.1) is 0 Å². The lowest BCUT2D eigenvalue weighted by Gasteiger charge is -2.13. The summed E-state index contributed by atoms with van der Waals surface area (Å²) in [6.07, 6.45) is 4.94. The van der Waals surface area contributed by atoms with Gasteiger partial charge in [-0.15, -0.1) is 10.2 Å². The maximum atomic E-state index is 12.9. The number of nitrogens with zero attached hydrogens (tertiary/aromatic N) is 5. The normalized spacial score (nSPS) is 11.3. The molecule has 0 aliphatic carbocycles. The molecule has 0 saturated carbocycles. The van der Waals surface area contributed by atoms with E-state index >= 15 is 0 Å². The number of rotatable bonds is 4. The molecule has 0 radical (unpaired) electrons. The zero-order chi connectivity index (χ0) is 19.0. The predicted octanol–water partition coefficient (Wildman–Crippen LogP) is 3.94. The molecule has 0 unspecified atom stereocenters. The Morgan fingerprint density at radius 3 is 2.85 bits per heavy atom. The van der Waals surface area contributed by atoms with Gasteiger partial charge >= 0.3 is 0 Å². The zero-order valence-corrected chi connectivity index (χ0v) is 15.6. The van der Waals surface area contributed by atoms with Crippen molar-refractivity contribution in [2.24, 2.45) is 0 Å². The molecule has 1 amide bonds. The van der Waals surface area contributed by atoms with Crippen molar-refractivity contribution in [1.29, 1.82) is 0 Å². The lowest BCUT2D eigenvalue weighted by atomic mass is 10.0. The highest BCUT2D eigenvalue weighted by Crippen LogP contribution is 2.25. The Kier molecular flexibility index (Phi) is 4.37. The molecular weight excluding hydrogens is 364 g/mol. The predicted molar refractivity (Wildman–Crippen MR) is 104 cm³/mol. The highest BCUT2D eigenvalue weighted by molar-refractivity contribution is 6.30. The summed E-state index contributed by atoms with van der Waals surface area (Å²) < 4.78 is 3.50. The second-order valence-electron chi connectivity index (χ2n) is 6.46. The van der Waals surface area contributed by atoms with Gasteiger partial charge in [0.25, 0.3) is 5.91 Å². The number of anilines is 1. The van der Waals surface area contributed by atoms with Gasteiger partial charge < -0.3 is 5.32 Å². The summed E-state index contributed by atoms with van der Waals surface area (Å²) in [5.74, 6) is -0.132. The standard InChI is InChI=1S/C19H17ClN6O/c1-12(2)18-16(9-22-26(18)15-5-3-4-13(20)8-15)19(27)23-14-6-7-17-24-21-11-25(17)10-14/h3-12H,1-2H3,(H,23,27). The van der Waals surface area contributed by atoms with Crippen molar-refractivity contribution in [1.82, 2.24) is 24.4 Å². The van der Waals surface area contributed by atoms with Gasteiger partial charge in [-0.25, -0.2) is 4.68 Å². The molecule has 0 atom stereocenters. The quantitative estimate of drug-likeness (QED) is 0.581. The summed E-state index contributed by atoms with van der Waals surface area (Å²) in [4.78, 5) is 12.9. The molecule has 0 saturated heterocycles. The monoisotopic (exact) mass is 380 g/mol. The molecule has 7 nitrogen and oxygen atoms in total. The number of hydrogen-bond acceptors (Lipinski definition) is 4. The van der Waals surface area contributed by atoms with E-state index in [0.29, 0.717) is 21.9 Å². The van der Waals surface area contributed by atoms with Crippen LogP contribution in [0.1, 0.15) is 35.8 Å². The van der Waals surface area contributed by atoms with E-state index in [9.17, 15) is 4.79 Å². The molecule has 0 aliphatic rings. The summed E-state index contributed by atoms with van der Waals surface area (Å²) in [5, 5.41) is 15.8. The average molecular weight is 381 g/mol. The van der Waals surface area contributed by atoms with Crippen molar-refractivity contribution >= 4 is 28.8 Å². The molecule has 0 spiro atoms. The topological polar surface area (TPSA) is 77.1 Å². The van der Waals surface area contributed by atoms with Crippen LogP contribution >= 0.6 is 11.6 Å². The van der Waals surface area contributed by atoms with Gasteiger partial charge in [-0.3, -0.25) is 9.20 Å². The van der Waals surface area contributed by atoms with E-state index in [4.69, 9.17) is 11.6 Å². The Hall–Kier alpha value is -3.19. The second kappa shape index (κ2) is 6.85. The number of carbonyl (C=O) groups excluding carboxylic acids is 1. The van der Waals surface area contributed by atoms with Crippen LogP contribution in [-0.4, -0.2) is 30.3 Å². The minimum absolute atomic E-state index is 0.0903. The van der Waals surface area contributed by atoms with Gasteiger partial charge in [-0.1, -0.05) is 31.5 Å². The van der Waals surface area contributed by atoms with E-state index in [0.717, 1.165) is 11.4 Å². The number of aromatic nitrogens is 5. The van der Waals surface area contributed by atoms with Crippen molar-refractivity contribution in [3.05, 3.63) is 71.4 Å². The molecule has 0 bridgehead atoms. The first-order chi connectivity index (χ1) is 13.0. The Bertz CT molecular complexity index is 1130. The van der Waals surface area contributed by atoms with Crippen LogP contribution in [0.15, 0.2) is 55.1 Å². The third-order valence-electron chi connectivity index (χ3n) is 4.20. The number of halogens is 1. The van der Waals surface area contributed by atoms with Crippen LogP contribution in [-0.2, 0) is 0 Å². The molecular formula is C19H17ClN6O. The summed E-state index contributed by atoms with van der Waals surface area (Å²) >= 11 is 6.11. The van der Waals surface area contributed by atoms with Crippen LogP contribution in [0.4, 0.5) is 5.69 Å². The van der Waals surface area contributed by atoms with E-state index in [-0.39, 0.29) is 11.8 Å². The van der Waals surface area contributed by atoms with Crippen LogP contribution in [0.5, 0.6) is 0 Å². The number of pyridine rings is 1. The molecule has 136 valence electrons. The summed E-state index contributed by atoms with van der Waals surface area (Å²) in [7, 11) is 0. The minimum Gasteiger partial charge on any atom is -0.321 e. The molecule has 1 N–H and O–H groups in total. The fourth-order valence-corrected chi connectivity index (χ4v) is 3.19. The smallest absolute Gasteiger partial charge is 0.259 e. The van der Waals surface area contributed by atoms with E-state index in [1.165, 1.54) is 0 Å². The third-order valence-corrected chi connectivity index (χ3v) is 4.43. The SMILES string of the molecule is CC(C)c1c(C(=O)Nc2ccc3nncn3c2)cnn1-c1cccc(Cl)c1. The van der Waals surface area contributed by atoms with Gasteiger partial charge in [0.2, 0.25) is 0 Å². The van der Waals surface area contributed by atoms with Crippen molar-refractivity contribution in [3.63, 3.8) is 0 Å². The van der Waals surface area contributed by atoms with Crippen LogP contribution in [0.3, 0.4) is 0 Å². The van der Waals surface area contributed by atoms with Gasteiger partial charge in [0, 0.05) is 11.2 Å². The fraction of sp³-hybridized carbons (Fsp3) is 0.158. The number of carbonyl (C=O) groups is 1. The number of hydrogen-bond donors (Lipinski definition) is 1. The minimum atomic E-state index is -0.223. The maximum absolute atomic E-state index is 12.9. The first kappa shape index (κ1) is 17.2. The summed E-state index contributed by atoms with van der Waals surface area (Å²) in [6, 6.07) is 11.0. The molecule has 27 heavy (non-hydrogen) atoms. The van der Waals surface area contributed by atoms with Crippen LogP contribution in [0.2, 0.25) is 5.02 Å². The number of amides is 1. The Labute approximate surface area is 160 Å². The lowest BCUT2D eigenvalue weighted by Crippen LogP contribution is -2.15. The van der Waals surface area contributed by atoms with Gasteiger partial charge in [0.05, 0.1) is 28.8 Å². The first-order valence-electron chi connectivity index (χ1n) is 8.47. The fourth-order valence-electron chi connectivity index (χ4n) is 3.00. The third kappa shape index (κ3) is 3.29. The molecule has 3 aromatic heterocycles. The van der Waals surface area contributed by atoms with Gasteiger partial charge in [-0.05, 0) is 36.2 Å². The molecule has 8 heteroatoms. The summed E-state index contributed by atoms with van der Waals surface area (Å²) in [5.41, 5.74) is 3.52. The van der Waals surface area contributed by atoms with E-state index in [1.54, 1.807) is 46.0 Å². The first-order valence-corrected chi connectivity index (χ1v) is 8.85. The van der Waals surface area contributed by atoms with Gasteiger partial charge in [0.1, 0.15) is 6.33 Å². The summed E-state index contributed by atoms with van der Waals surface area (Å²) in [6.45, 7) is 4.05. The lowest BCUT2D eigenvalue weighted by molar-refractivity contribution is 0.102. The molecule has 0 fully saturated rings. The maximum Gasteiger partial charge on any atom is 0.259 e.